The summed E-state index contributed by atoms with van der Waals surface area (Å²) in [5.41, 5.74) is 2.98. The molecule has 0 saturated heterocycles. The molecule has 0 saturated carbocycles. The van der Waals surface area contributed by atoms with Crippen LogP contribution >= 0.6 is 0 Å². The third kappa shape index (κ3) is 2.18. The SMILES string of the molecule is C=C(C)N(C)C(=C)c1ccncc1. The number of pyridine rings is 1. The van der Waals surface area contributed by atoms with Gasteiger partial charge in [-0.25, -0.2) is 0 Å². The molecule has 0 radical (unpaired) electrons. The molecule has 0 aliphatic rings. The molecule has 1 heterocycles. The van der Waals surface area contributed by atoms with E-state index < -0.39 is 0 Å². The van der Waals surface area contributed by atoms with Crippen LogP contribution in [0.2, 0.25) is 0 Å². The van der Waals surface area contributed by atoms with E-state index in [2.05, 4.69) is 18.1 Å². The first-order valence-corrected chi connectivity index (χ1v) is 4.11. The number of allylic oxidation sites excluding steroid dienone is 1. The van der Waals surface area contributed by atoms with Gasteiger partial charge in [0.15, 0.2) is 0 Å². The summed E-state index contributed by atoms with van der Waals surface area (Å²) < 4.78 is 0. The molecule has 0 fully saturated rings. The van der Waals surface area contributed by atoms with Gasteiger partial charge in [0.1, 0.15) is 0 Å². The Kier molecular flexibility index (Phi) is 2.85. The van der Waals surface area contributed by atoms with Crippen LogP contribution in [0.4, 0.5) is 0 Å². The minimum atomic E-state index is 0.940. The molecule has 0 unspecified atom stereocenters. The van der Waals surface area contributed by atoms with Gasteiger partial charge in [-0.05, 0) is 19.1 Å². The van der Waals surface area contributed by atoms with Crippen LogP contribution in [0.15, 0.2) is 43.4 Å². The molecule has 1 aromatic heterocycles. The van der Waals surface area contributed by atoms with Gasteiger partial charge in [0.25, 0.3) is 0 Å². The summed E-state index contributed by atoms with van der Waals surface area (Å²) in [5, 5.41) is 0. The second-order valence-corrected chi connectivity index (χ2v) is 2.98. The van der Waals surface area contributed by atoms with Crippen molar-refractivity contribution >= 4 is 5.70 Å². The quantitative estimate of drug-likeness (QED) is 0.700. The Hall–Kier alpha value is -1.57. The fraction of sp³-hybridized carbons (Fsp3) is 0.182. The van der Waals surface area contributed by atoms with Gasteiger partial charge in [-0.2, -0.15) is 0 Å². The van der Waals surface area contributed by atoms with Crippen LogP contribution in [0.5, 0.6) is 0 Å². The first-order valence-electron chi connectivity index (χ1n) is 4.11. The molecule has 0 atom stereocenters. The Morgan fingerprint density at radius 1 is 1.31 bits per heavy atom. The zero-order valence-corrected chi connectivity index (χ0v) is 8.12. The molecular formula is C11H14N2. The molecule has 0 N–H and O–H groups in total. The van der Waals surface area contributed by atoms with Crippen molar-refractivity contribution in [1.82, 2.24) is 9.88 Å². The van der Waals surface area contributed by atoms with E-state index in [0.717, 1.165) is 17.0 Å². The highest BCUT2D eigenvalue weighted by molar-refractivity contribution is 5.62. The Morgan fingerprint density at radius 3 is 2.31 bits per heavy atom. The largest absolute Gasteiger partial charge is 0.349 e. The summed E-state index contributed by atoms with van der Waals surface area (Å²) in [5.74, 6) is 0. The lowest BCUT2D eigenvalue weighted by Crippen LogP contribution is -2.12. The molecular weight excluding hydrogens is 160 g/mol. The molecule has 0 bridgehead atoms. The Bertz CT molecular complexity index is 314. The minimum absolute atomic E-state index is 0.940. The van der Waals surface area contributed by atoms with Crippen molar-refractivity contribution < 1.29 is 0 Å². The van der Waals surface area contributed by atoms with Gasteiger partial charge in [-0.15, -0.1) is 0 Å². The monoisotopic (exact) mass is 174 g/mol. The van der Waals surface area contributed by atoms with E-state index in [1.807, 2.05) is 31.0 Å². The summed E-state index contributed by atoms with van der Waals surface area (Å²) in [7, 11) is 1.95. The van der Waals surface area contributed by atoms with Crippen molar-refractivity contribution in [3.8, 4) is 0 Å². The van der Waals surface area contributed by atoms with E-state index in [9.17, 15) is 0 Å². The van der Waals surface area contributed by atoms with Crippen molar-refractivity contribution in [2.24, 2.45) is 0 Å². The van der Waals surface area contributed by atoms with Gasteiger partial charge >= 0.3 is 0 Å². The van der Waals surface area contributed by atoms with Crippen LogP contribution in [0, 0.1) is 0 Å². The van der Waals surface area contributed by atoms with E-state index in [1.54, 1.807) is 12.4 Å². The summed E-state index contributed by atoms with van der Waals surface area (Å²) in [6.45, 7) is 9.79. The number of nitrogens with zero attached hydrogens (tertiary/aromatic N) is 2. The van der Waals surface area contributed by atoms with Gasteiger partial charge in [-0.1, -0.05) is 13.2 Å². The lowest BCUT2D eigenvalue weighted by Gasteiger charge is -2.21. The highest BCUT2D eigenvalue weighted by Gasteiger charge is 2.03. The van der Waals surface area contributed by atoms with Crippen LogP contribution in [-0.2, 0) is 0 Å². The highest BCUT2D eigenvalue weighted by atomic mass is 15.1. The standard InChI is InChI=1S/C11H14N2/c1-9(2)13(4)10(3)11-5-7-12-8-6-11/h5-8H,1,3H2,2,4H3. The first kappa shape index (κ1) is 9.52. The zero-order valence-electron chi connectivity index (χ0n) is 8.12. The maximum Gasteiger partial charge on any atom is 0.0407 e. The summed E-state index contributed by atoms with van der Waals surface area (Å²) >= 11 is 0. The molecule has 68 valence electrons. The first-order chi connectivity index (χ1) is 6.13. The molecule has 0 aliphatic heterocycles. The molecule has 0 amide bonds. The Labute approximate surface area is 79.2 Å². The van der Waals surface area contributed by atoms with Crippen LogP contribution in [0.3, 0.4) is 0 Å². The molecule has 2 nitrogen and oxygen atoms in total. The maximum atomic E-state index is 3.98. The molecule has 1 aromatic rings. The normalized spacial score (nSPS) is 9.38. The van der Waals surface area contributed by atoms with Crippen molar-refractivity contribution in [3.05, 3.63) is 48.9 Å². The number of rotatable bonds is 3. The van der Waals surface area contributed by atoms with Crippen molar-refractivity contribution in [2.75, 3.05) is 7.05 Å². The van der Waals surface area contributed by atoms with Crippen LogP contribution in [0.1, 0.15) is 12.5 Å². The summed E-state index contributed by atoms with van der Waals surface area (Å²) in [6, 6.07) is 3.86. The zero-order chi connectivity index (χ0) is 9.84. The highest BCUT2D eigenvalue weighted by Crippen LogP contribution is 2.17. The molecule has 0 aromatic carbocycles. The predicted octanol–water partition coefficient (Wildman–Crippen LogP) is 2.52. The summed E-state index contributed by atoms with van der Waals surface area (Å²) in [4.78, 5) is 5.90. The van der Waals surface area contributed by atoms with Gasteiger partial charge in [0, 0.05) is 36.4 Å². The fourth-order valence-corrected chi connectivity index (χ4v) is 0.968. The average Bonchev–Trinajstić information content (AvgIpc) is 2.17. The Morgan fingerprint density at radius 2 is 1.85 bits per heavy atom. The van der Waals surface area contributed by atoms with Gasteiger partial charge < -0.3 is 4.90 Å². The third-order valence-electron chi connectivity index (χ3n) is 1.99. The molecule has 13 heavy (non-hydrogen) atoms. The van der Waals surface area contributed by atoms with E-state index in [1.165, 1.54) is 0 Å². The van der Waals surface area contributed by atoms with E-state index >= 15 is 0 Å². The number of aromatic nitrogens is 1. The summed E-state index contributed by atoms with van der Waals surface area (Å²) in [6.07, 6.45) is 3.51. The fourth-order valence-electron chi connectivity index (χ4n) is 0.968. The number of hydrogen-bond donors (Lipinski definition) is 0. The minimum Gasteiger partial charge on any atom is -0.349 e. The van der Waals surface area contributed by atoms with Crippen molar-refractivity contribution in [2.45, 2.75) is 6.92 Å². The van der Waals surface area contributed by atoms with E-state index in [0.29, 0.717) is 0 Å². The lowest BCUT2D eigenvalue weighted by molar-refractivity contribution is 0.602. The van der Waals surface area contributed by atoms with Gasteiger partial charge in [0.05, 0.1) is 0 Å². The average molecular weight is 174 g/mol. The lowest BCUT2D eigenvalue weighted by atomic mass is 10.2. The van der Waals surface area contributed by atoms with E-state index in [4.69, 9.17) is 0 Å². The maximum absolute atomic E-state index is 3.98. The third-order valence-corrected chi connectivity index (χ3v) is 1.99. The molecule has 0 aliphatic carbocycles. The molecule has 1 rings (SSSR count). The van der Waals surface area contributed by atoms with Crippen LogP contribution < -0.4 is 0 Å². The van der Waals surface area contributed by atoms with E-state index in [-0.39, 0.29) is 0 Å². The van der Waals surface area contributed by atoms with Gasteiger partial charge in [-0.3, -0.25) is 4.98 Å². The molecule has 0 spiro atoms. The topological polar surface area (TPSA) is 16.1 Å². The number of hydrogen-bond acceptors (Lipinski definition) is 2. The van der Waals surface area contributed by atoms with Crippen molar-refractivity contribution in [1.29, 1.82) is 0 Å². The predicted molar refractivity (Wildman–Crippen MR) is 55.8 cm³/mol. The van der Waals surface area contributed by atoms with Crippen LogP contribution in [-0.4, -0.2) is 16.9 Å². The second kappa shape index (κ2) is 3.90. The van der Waals surface area contributed by atoms with Gasteiger partial charge in [0.2, 0.25) is 0 Å². The molecule has 2 heteroatoms. The smallest absolute Gasteiger partial charge is 0.0407 e. The van der Waals surface area contributed by atoms with Crippen molar-refractivity contribution in [3.63, 3.8) is 0 Å². The second-order valence-electron chi connectivity index (χ2n) is 2.98. The van der Waals surface area contributed by atoms with Crippen LogP contribution in [0.25, 0.3) is 5.70 Å². The Balaban J connectivity index is 2.86.